The Labute approximate surface area is 280 Å². The summed E-state index contributed by atoms with van der Waals surface area (Å²) in [5.74, 6) is 0.350. The van der Waals surface area contributed by atoms with Crippen LogP contribution < -0.4 is 0 Å². The van der Waals surface area contributed by atoms with E-state index in [2.05, 4.69) is 102 Å². The van der Waals surface area contributed by atoms with Crippen molar-refractivity contribution in [3.8, 4) is 39.5 Å². The largest absolute Gasteiger partial charge is 0.456 e. The molecular formula is C44H26FN3O. The van der Waals surface area contributed by atoms with Crippen LogP contribution in [0.2, 0.25) is 0 Å². The van der Waals surface area contributed by atoms with Gasteiger partial charge in [-0.15, -0.1) is 0 Å². The van der Waals surface area contributed by atoms with Crippen LogP contribution in [0.15, 0.2) is 162 Å². The molecule has 0 saturated heterocycles. The van der Waals surface area contributed by atoms with E-state index in [9.17, 15) is 4.39 Å². The lowest BCUT2D eigenvalue weighted by Crippen LogP contribution is -1.97. The number of hydrogen-bond donors (Lipinski definition) is 0. The lowest BCUT2D eigenvalue weighted by Gasteiger charge is -2.11. The van der Waals surface area contributed by atoms with E-state index in [4.69, 9.17) is 14.4 Å². The van der Waals surface area contributed by atoms with Crippen LogP contribution in [0.5, 0.6) is 0 Å². The second-order valence-corrected chi connectivity index (χ2v) is 12.4. The lowest BCUT2D eigenvalue weighted by molar-refractivity contribution is 0.628. The average Bonchev–Trinajstić information content (AvgIpc) is 3.70. The predicted molar refractivity (Wildman–Crippen MR) is 197 cm³/mol. The van der Waals surface area contributed by atoms with Gasteiger partial charge in [-0.3, -0.25) is 0 Å². The Bertz CT molecular complexity index is 2880. The molecule has 0 fully saturated rings. The van der Waals surface area contributed by atoms with E-state index >= 15 is 0 Å². The number of furan rings is 1. The molecule has 49 heavy (non-hydrogen) atoms. The van der Waals surface area contributed by atoms with Gasteiger partial charge in [-0.05, 0) is 102 Å². The Morgan fingerprint density at radius 3 is 1.90 bits per heavy atom. The van der Waals surface area contributed by atoms with E-state index in [1.165, 1.54) is 22.9 Å². The van der Waals surface area contributed by atoms with E-state index in [-0.39, 0.29) is 5.82 Å². The average molecular weight is 632 g/mol. The Morgan fingerprint density at radius 2 is 1.06 bits per heavy atom. The number of rotatable bonds is 4. The van der Waals surface area contributed by atoms with Crippen molar-refractivity contribution in [2.45, 2.75) is 0 Å². The molecule has 5 heteroatoms. The summed E-state index contributed by atoms with van der Waals surface area (Å²) in [7, 11) is 0. The van der Waals surface area contributed by atoms with Crippen molar-refractivity contribution in [2.24, 2.45) is 0 Å². The quantitative estimate of drug-likeness (QED) is 0.194. The van der Waals surface area contributed by atoms with Gasteiger partial charge in [0.15, 0.2) is 5.82 Å². The van der Waals surface area contributed by atoms with Crippen LogP contribution in [0.3, 0.4) is 0 Å². The molecule has 230 valence electrons. The molecule has 0 aliphatic carbocycles. The third-order valence-corrected chi connectivity index (χ3v) is 9.49. The molecule has 4 nitrogen and oxygen atoms in total. The minimum atomic E-state index is -0.274. The molecular weight excluding hydrogens is 606 g/mol. The van der Waals surface area contributed by atoms with Crippen molar-refractivity contribution in [3.05, 3.63) is 164 Å². The number of aromatic nitrogens is 3. The molecule has 3 heterocycles. The zero-order valence-electron chi connectivity index (χ0n) is 26.1. The lowest BCUT2D eigenvalue weighted by atomic mass is 10.0. The van der Waals surface area contributed by atoms with Crippen molar-refractivity contribution < 1.29 is 8.81 Å². The molecule has 0 unspecified atom stereocenters. The van der Waals surface area contributed by atoms with Gasteiger partial charge in [0.05, 0.1) is 22.2 Å². The summed E-state index contributed by atoms with van der Waals surface area (Å²) in [6.45, 7) is 0. The Balaban J connectivity index is 1.08. The van der Waals surface area contributed by atoms with E-state index in [1.54, 1.807) is 12.1 Å². The van der Waals surface area contributed by atoms with Gasteiger partial charge < -0.3 is 8.98 Å². The van der Waals surface area contributed by atoms with Crippen LogP contribution in [0.25, 0.3) is 94.1 Å². The molecule has 0 N–H and O–H groups in total. The molecule has 0 amide bonds. The maximum Gasteiger partial charge on any atom is 0.160 e. The van der Waals surface area contributed by atoms with Crippen molar-refractivity contribution in [1.29, 1.82) is 0 Å². The molecule has 0 radical (unpaired) electrons. The number of benzene rings is 7. The molecule has 0 atom stereocenters. The monoisotopic (exact) mass is 631 g/mol. The highest BCUT2D eigenvalue weighted by Crippen LogP contribution is 2.38. The van der Waals surface area contributed by atoms with Gasteiger partial charge in [-0.25, -0.2) is 14.4 Å². The van der Waals surface area contributed by atoms with Crippen LogP contribution in [0, 0.1) is 5.82 Å². The smallest absolute Gasteiger partial charge is 0.160 e. The fourth-order valence-corrected chi connectivity index (χ4v) is 7.13. The topological polar surface area (TPSA) is 43.9 Å². The highest BCUT2D eigenvalue weighted by atomic mass is 19.1. The summed E-state index contributed by atoms with van der Waals surface area (Å²) in [5, 5.41) is 5.56. The van der Waals surface area contributed by atoms with Crippen LogP contribution >= 0.6 is 0 Å². The summed E-state index contributed by atoms with van der Waals surface area (Å²) >= 11 is 0. The van der Waals surface area contributed by atoms with Crippen molar-refractivity contribution in [1.82, 2.24) is 14.5 Å². The summed E-state index contributed by atoms with van der Waals surface area (Å²) in [6, 6.07) is 52.7. The molecule has 7 aromatic carbocycles. The van der Waals surface area contributed by atoms with Gasteiger partial charge in [0.2, 0.25) is 0 Å². The maximum absolute atomic E-state index is 13.8. The van der Waals surface area contributed by atoms with Crippen molar-refractivity contribution in [2.75, 3.05) is 0 Å². The van der Waals surface area contributed by atoms with Gasteiger partial charge in [-0.1, -0.05) is 66.7 Å². The second kappa shape index (κ2) is 10.7. The molecule has 0 saturated carbocycles. The first-order valence-corrected chi connectivity index (χ1v) is 16.3. The predicted octanol–water partition coefficient (Wildman–Crippen LogP) is 11.8. The minimum Gasteiger partial charge on any atom is -0.456 e. The first-order chi connectivity index (χ1) is 24.2. The molecule has 0 bridgehead atoms. The Kier molecular flexibility index (Phi) is 6.02. The highest BCUT2D eigenvalue weighted by molar-refractivity contribution is 6.11. The van der Waals surface area contributed by atoms with E-state index in [1.807, 2.05) is 36.4 Å². The van der Waals surface area contributed by atoms with Gasteiger partial charge in [0.25, 0.3) is 0 Å². The van der Waals surface area contributed by atoms with E-state index in [0.29, 0.717) is 5.82 Å². The number of fused-ring (bicyclic) bond motifs is 7. The van der Waals surface area contributed by atoms with E-state index in [0.717, 1.165) is 77.5 Å². The Morgan fingerprint density at radius 1 is 0.449 bits per heavy atom. The fraction of sp³-hybridized carbons (Fsp3) is 0. The number of halogens is 1. The third-order valence-electron chi connectivity index (χ3n) is 9.49. The molecule has 3 aromatic heterocycles. The Hall–Kier alpha value is -6.59. The molecule has 10 aromatic rings. The van der Waals surface area contributed by atoms with E-state index < -0.39 is 0 Å². The second-order valence-electron chi connectivity index (χ2n) is 12.4. The van der Waals surface area contributed by atoms with Crippen LogP contribution in [-0.4, -0.2) is 14.5 Å². The number of hydrogen-bond acceptors (Lipinski definition) is 3. The third kappa shape index (κ3) is 4.44. The normalized spacial score (nSPS) is 11.8. The number of nitrogens with zero attached hydrogens (tertiary/aromatic N) is 3. The molecule has 0 spiro atoms. The van der Waals surface area contributed by atoms with Crippen LogP contribution in [0.1, 0.15) is 0 Å². The maximum atomic E-state index is 13.8. The zero-order valence-corrected chi connectivity index (χ0v) is 26.1. The van der Waals surface area contributed by atoms with Gasteiger partial charge >= 0.3 is 0 Å². The van der Waals surface area contributed by atoms with Crippen LogP contribution in [-0.2, 0) is 0 Å². The van der Waals surface area contributed by atoms with Crippen LogP contribution in [0.4, 0.5) is 4.39 Å². The summed E-state index contributed by atoms with van der Waals surface area (Å²) in [4.78, 5) is 9.90. The van der Waals surface area contributed by atoms with Gasteiger partial charge in [0.1, 0.15) is 17.0 Å². The van der Waals surface area contributed by atoms with Gasteiger partial charge in [0, 0.05) is 43.7 Å². The fourth-order valence-electron chi connectivity index (χ4n) is 7.13. The highest BCUT2D eigenvalue weighted by Gasteiger charge is 2.16. The molecule has 0 aliphatic heterocycles. The SMILES string of the molecule is Fc1ccc(-c2nc(-c3ccc(-n4c5ccccc5c5cc(-c6ccc7oc8ccccc8c7c6)ccc54)cc3)nc3ccccc23)cc1. The van der Waals surface area contributed by atoms with Gasteiger partial charge in [-0.2, -0.15) is 0 Å². The molecule has 0 aliphatic rings. The minimum absolute atomic E-state index is 0.274. The standard InChI is InChI=1S/C44H26FN3O/c45-31-19-13-27(14-20-31)43-35-9-1-4-10-38(35)46-44(47-43)28-15-21-32(22-16-28)48-39-11-5-2-7-33(39)36-25-29(17-23-40(36)48)30-18-24-42-37(26-30)34-8-3-6-12-41(34)49-42/h1-26H. The van der Waals surface area contributed by atoms with Crippen molar-refractivity contribution in [3.63, 3.8) is 0 Å². The molecule has 10 rings (SSSR count). The first kappa shape index (κ1) is 27.5. The zero-order chi connectivity index (χ0) is 32.5. The number of para-hydroxylation sites is 3. The first-order valence-electron chi connectivity index (χ1n) is 16.3. The summed E-state index contributed by atoms with van der Waals surface area (Å²) in [5.41, 5.74) is 10.8. The summed E-state index contributed by atoms with van der Waals surface area (Å²) < 4.78 is 22.2. The summed E-state index contributed by atoms with van der Waals surface area (Å²) in [6.07, 6.45) is 0. The van der Waals surface area contributed by atoms with Crippen molar-refractivity contribution >= 4 is 54.6 Å².